The molecule has 1 N–H and O–H groups in total. The van der Waals surface area contributed by atoms with Crippen LogP contribution in [0.5, 0.6) is 0 Å². The first-order valence-corrected chi connectivity index (χ1v) is 5.70. The molecule has 0 bridgehead atoms. The third-order valence-corrected chi connectivity index (χ3v) is 3.40. The van der Waals surface area contributed by atoms with Crippen molar-refractivity contribution < 1.29 is 9.47 Å². The van der Waals surface area contributed by atoms with E-state index in [-0.39, 0.29) is 0 Å². The van der Waals surface area contributed by atoms with Gasteiger partial charge in [0.05, 0.1) is 19.3 Å². The maximum Gasteiger partial charge on any atom is 0.105 e. The molecule has 0 spiro atoms. The van der Waals surface area contributed by atoms with E-state index in [1.54, 1.807) is 0 Å². The van der Waals surface area contributed by atoms with Crippen LogP contribution >= 0.6 is 0 Å². The van der Waals surface area contributed by atoms with Crippen LogP contribution in [0.1, 0.15) is 26.2 Å². The second-order valence-electron chi connectivity index (χ2n) is 4.65. The van der Waals surface area contributed by atoms with E-state index in [9.17, 15) is 0 Å². The summed E-state index contributed by atoms with van der Waals surface area (Å²) >= 11 is 0. The molecule has 1 aliphatic carbocycles. The van der Waals surface area contributed by atoms with E-state index < -0.39 is 0 Å². The Balaban J connectivity index is 1.84. The van der Waals surface area contributed by atoms with Gasteiger partial charge in [0.15, 0.2) is 0 Å². The van der Waals surface area contributed by atoms with Gasteiger partial charge in [-0.3, -0.25) is 0 Å². The van der Waals surface area contributed by atoms with Gasteiger partial charge in [0.1, 0.15) is 6.10 Å². The molecule has 3 atom stereocenters. The predicted molar refractivity (Wildman–Crippen MR) is 55.3 cm³/mol. The molecule has 1 heterocycles. The van der Waals surface area contributed by atoms with E-state index in [0.717, 1.165) is 19.1 Å². The fourth-order valence-corrected chi connectivity index (χ4v) is 2.35. The van der Waals surface area contributed by atoms with Crippen molar-refractivity contribution in [3.63, 3.8) is 0 Å². The van der Waals surface area contributed by atoms with Crippen LogP contribution in [0.4, 0.5) is 0 Å². The summed E-state index contributed by atoms with van der Waals surface area (Å²) in [5, 5.41) is 3.36. The molecular formula is C11H21NO2. The Morgan fingerprint density at radius 2 is 2.07 bits per heavy atom. The Hall–Kier alpha value is -0.120. The first-order chi connectivity index (χ1) is 6.79. The van der Waals surface area contributed by atoms with Gasteiger partial charge in [-0.15, -0.1) is 0 Å². The van der Waals surface area contributed by atoms with Crippen LogP contribution in [0, 0.1) is 5.92 Å². The fourth-order valence-electron chi connectivity index (χ4n) is 2.35. The predicted octanol–water partition coefficient (Wildman–Crippen LogP) is 1.18. The molecule has 0 radical (unpaired) electrons. The molecular weight excluding hydrogens is 178 g/mol. The van der Waals surface area contributed by atoms with Crippen molar-refractivity contribution >= 4 is 0 Å². The van der Waals surface area contributed by atoms with Crippen LogP contribution in [-0.4, -0.2) is 38.5 Å². The molecule has 3 nitrogen and oxygen atoms in total. The third kappa shape index (κ3) is 2.27. The van der Waals surface area contributed by atoms with Gasteiger partial charge < -0.3 is 14.8 Å². The lowest BCUT2D eigenvalue weighted by Gasteiger charge is -2.39. The monoisotopic (exact) mass is 199 g/mol. The van der Waals surface area contributed by atoms with Crippen molar-refractivity contribution in [2.75, 3.05) is 20.3 Å². The van der Waals surface area contributed by atoms with Gasteiger partial charge in [-0.2, -0.15) is 0 Å². The highest BCUT2D eigenvalue weighted by molar-refractivity contribution is 4.85. The van der Waals surface area contributed by atoms with E-state index in [2.05, 4.69) is 12.2 Å². The summed E-state index contributed by atoms with van der Waals surface area (Å²) in [7, 11) is 2.04. The molecule has 2 fully saturated rings. The van der Waals surface area contributed by atoms with Gasteiger partial charge in [0.25, 0.3) is 0 Å². The molecule has 3 heteroatoms. The average molecular weight is 199 g/mol. The Kier molecular flexibility index (Phi) is 3.42. The fraction of sp³-hybridized carbons (Fsp3) is 1.00. The molecule has 2 aliphatic rings. The van der Waals surface area contributed by atoms with Crippen molar-refractivity contribution in [1.29, 1.82) is 0 Å². The third-order valence-electron chi connectivity index (χ3n) is 3.40. The summed E-state index contributed by atoms with van der Waals surface area (Å²) in [6, 6.07) is 0.548. The van der Waals surface area contributed by atoms with Crippen molar-refractivity contribution in [3.8, 4) is 0 Å². The van der Waals surface area contributed by atoms with Crippen LogP contribution in [-0.2, 0) is 9.47 Å². The SMILES string of the molecule is CNC1CCC(C)CC1OC1COC1. The summed E-state index contributed by atoms with van der Waals surface area (Å²) in [4.78, 5) is 0. The number of likely N-dealkylation sites (N-methyl/N-ethyl adjacent to an activating group) is 1. The zero-order valence-corrected chi connectivity index (χ0v) is 9.16. The van der Waals surface area contributed by atoms with E-state index in [4.69, 9.17) is 9.47 Å². The van der Waals surface area contributed by atoms with Crippen molar-refractivity contribution in [2.24, 2.45) is 5.92 Å². The summed E-state index contributed by atoms with van der Waals surface area (Å²) in [6.45, 7) is 3.90. The number of nitrogens with one attached hydrogen (secondary N) is 1. The highest BCUT2D eigenvalue weighted by Crippen LogP contribution is 2.27. The first-order valence-electron chi connectivity index (χ1n) is 5.70. The topological polar surface area (TPSA) is 30.5 Å². The van der Waals surface area contributed by atoms with Crippen molar-refractivity contribution in [3.05, 3.63) is 0 Å². The molecule has 1 saturated heterocycles. The number of hydrogen-bond acceptors (Lipinski definition) is 3. The first kappa shape index (κ1) is 10.4. The standard InChI is InChI=1S/C11H21NO2/c1-8-3-4-10(12-2)11(5-8)14-9-6-13-7-9/h8-12H,3-7H2,1-2H3. The summed E-state index contributed by atoms with van der Waals surface area (Å²) in [5.41, 5.74) is 0. The Morgan fingerprint density at radius 3 is 2.64 bits per heavy atom. The Morgan fingerprint density at radius 1 is 1.29 bits per heavy atom. The van der Waals surface area contributed by atoms with Crippen molar-refractivity contribution in [1.82, 2.24) is 5.32 Å². The van der Waals surface area contributed by atoms with Gasteiger partial charge in [0.2, 0.25) is 0 Å². The van der Waals surface area contributed by atoms with Crippen molar-refractivity contribution in [2.45, 2.75) is 44.4 Å². The highest BCUT2D eigenvalue weighted by Gasteiger charge is 2.32. The lowest BCUT2D eigenvalue weighted by Crippen LogP contribution is -2.49. The van der Waals surface area contributed by atoms with Gasteiger partial charge in [-0.1, -0.05) is 6.92 Å². The summed E-state index contributed by atoms with van der Waals surface area (Å²) < 4.78 is 11.1. The van der Waals surface area contributed by atoms with Gasteiger partial charge in [-0.05, 0) is 32.2 Å². The maximum atomic E-state index is 6.01. The number of rotatable bonds is 3. The second-order valence-corrected chi connectivity index (χ2v) is 4.65. The van der Waals surface area contributed by atoms with Crippen LogP contribution < -0.4 is 5.32 Å². The summed E-state index contributed by atoms with van der Waals surface area (Å²) in [5.74, 6) is 0.811. The maximum absolute atomic E-state index is 6.01. The molecule has 0 aromatic rings. The van der Waals surface area contributed by atoms with Gasteiger partial charge in [0, 0.05) is 6.04 Å². The average Bonchev–Trinajstić information content (AvgIpc) is 2.12. The van der Waals surface area contributed by atoms with Crippen LogP contribution in [0.2, 0.25) is 0 Å². The van der Waals surface area contributed by atoms with E-state index in [0.29, 0.717) is 18.2 Å². The Bertz CT molecular complexity index is 182. The molecule has 1 saturated carbocycles. The lowest BCUT2D eigenvalue weighted by molar-refractivity contribution is -0.168. The largest absolute Gasteiger partial charge is 0.376 e. The van der Waals surface area contributed by atoms with Gasteiger partial charge >= 0.3 is 0 Å². The highest BCUT2D eigenvalue weighted by atomic mass is 16.6. The zero-order chi connectivity index (χ0) is 9.97. The number of hydrogen-bond donors (Lipinski definition) is 1. The van der Waals surface area contributed by atoms with Crippen LogP contribution in [0.3, 0.4) is 0 Å². The lowest BCUT2D eigenvalue weighted by atomic mass is 9.85. The van der Waals surface area contributed by atoms with E-state index >= 15 is 0 Å². The zero-order valence-electron chi connectivity index (χ0n) is 9.16. The molecule has 0 aromatic carbocycles. The molecule has 1 aliphatic heterocycles. The second kappa shape index (κ2) is 4.60. The normalized spacial score (nSPS) is 39.4. The molecule has 2 rings (SSSR count). The van der Waals surface area contributed by atoms with E-state index in [1.165, 1.54) is 19.3 Å². The number of ether oxygens (including phenoxy) is 2. The van der Waals surface area contributed by atoms with Crippen LogP contribution in [0.15, 0.2) is 0 Å². The smallest absolute Gasteiger partial charge is 0.105 e. The molecule has 0 aromatic heterocycles. The van der Waals surface area contributed by atoms with Crippen LogP contribution in [0.25, 0.3) is 0 Å². The quantitative estimate of drug-likeness (QED) is 0.740. The summed E-state index contributed by atoms with van der Waals surface area (Å²) in [6.07, 6.45) is 4.53. The Labute approximate surface area is 86.2 Å². The minimum absolute atomic E-state index is 0.362. The molecule has 0 amide bonds. The molecule has 3 unspecified atom stereocenters. The molecule has 82 valence electrons. The molecule has 14 heavy (non-hydrogen) atoms. The van der Waals surface area contributed by atoms with E-state index in [1.807, 2.05) is 7.05 Å². The minimum Gasteiger partial charge on any atom is -0.376 e. The minimum atomic E-state index is 0.362. The van der Waals surface area contributed by atoms with Gasteiger partial charge in [-0.25, -0.2) is 0 Å².